The minimum atomic E-state index is -3.27. The second-order valence-corrected chi connectivity index (χ2v) is 9.64. The zero-order valence-corrected chi connectivity index (χ0v) is 16.5. The van der Waals surface area contributed by atoms with Gasteiger partial charge in [-0.15, -0.1) is 0 Å². The molecule has 1 amide bonds. The van der Waals surface area contributed by atoms with Gasteiger partial charge in [-0.05, 0) is 54.4 Å². The average molecular weight is 411 g/mol. The van der Waals surface area contributed by atoms with Gasteiger partial charge >= 0.3 is 0 Å². The van der Waals surface area contributed by atoms with Crippen LogP contribution in [0.4, 0.5) is 0 Å². The number of sulfone groups is 1. The fourth-order valence-electron chi connectivity index (χ4n) is 3.18. The van der Waals surface area contributed by atoms with Crippen molar-refractivity contribution in [1.82, 2.24) is 10.3 Å². The van der Waals surface area contributed by atoms with E-state index in [0.717, 1.165) is 9.92 Å². The Hall–Kier alpha value is -2.64. The van der Waals surface area contributed by atoms with Crippen LogP contribution in [0.1, 0.15) is 28.4 Å². The van der Waals surface area contributed by atoms with Crippen LogP contribution in [-0.4, -0.2) is 25.1 Å². The molecule has 1 aromatic heterocycles. The highest BCUT2D eigenvalue weighted by molar-refractivity contribution is 7.99. The second-order valence-electron chi connectivity index (χ2n) is 6.47. The highest BCUT2D eigenvalue weighted by atomic mass is 32.2. The quantitative estimate of drug-likeness (QED) is 0.706. The van der Waals surface area contributed by atoms with E-state index >= 15 is 0 Å². The minimum Gasteiger partial charge on any atom is -0.345 e. The summed E-state index contributed by atoms with van der Waals surface area (Å²) in [6, 6.07) is 19.6. The van der Waals surface area contributed by atoms with Gasteiger partial charge in [0.25, 0.3) is 5.91 Å². The summed E-state index contributed by atoms with van der Waals surface area (Å²) >= 11 is 1.52. The number of rotatable bonds is 4. The Bertz CT molecular complexity index is 1100. The lowest BCUT2D eigenvalue weighted by Crippen LogP contribution is -2.33. The van der Waals surface area contributed by atoms with Crippen molar-refractivity contribution in [3.05, 3.63) is 84.1 Å². The first-order chi connectivity index (χ1) is 13.5. The molecule has 5 nitrogen and oxygen atoms in total. The van der Waals surface area contributed by atoms with Gasteiger partial charge in [0.05, 0.1) is 16.7 Å². The molecule has 1 aliphatic rings. The zero-order chi connectivity index (χ0) is 19.6. The van der Waals surface area contributed by atoms with Crippen molar-refractivity contribution in [3.8, 4) is 0 Å². The molecule has 0 spiro atoms. The van der Waals surface area contributed by atoms with Crippen molar-refractivity contribution in [2.75, 3.05) is 5.75 Å². The largest absolute Gasteiger partial charge is 0.345 e. The van der Waals surface area contributed by atoms with Crippen molar-refractivity contribution in [3.63, 3.8) is 0 Å². The molecule has 2 heterocycles. The molecule has 1 N–H and O–H groups in total. The van der Waals surface area contributed by atoms with Crippen LogP contribution in [0.15, 0.2) is 87.7 Å². The molecule has 142 valence electrons. The average Bonchev–Trinajstić information content (AvgIpc) is 2.72. The molecule has 1 atom stereocenters. The van der Waals surface area contributed by atoms with Crippen LogP contribution in [0.3, 0.4) is 0 Å². The third-order valence-electron chi connectivity index (χ3n) is 4.59. The van der Waals surface area contributed by atoms with Crippen LogP contribution < -0.4 is 5.32 Å². The molecule has 0 aliphatic carbocycles. The summed E-state index contributed by atoms with van der Waals surface area (Å²) in [5.74, 6) is -0.178. The standard InChI is InChI=1S/C21H18N2O3S2/c24-21(15-8-10-16(11-9-15)27-20-7-3-4-13-22-20)23-18-12-14-28(25,26)19-6-2-1-5-17(18)19/h1-11,13,18H,12,14H2,(H,23,24). The molecule has 0 fully saturated rings. The Morgan fingerprint density at radius 1 is 1.00 bits per heavy atom. The van der Waals surface area contributed by atoms with E-state index < -0.39 is 9.84 Å². The van der Waals surface area contributed by atoms with Crippen LogP contribution in [0.2, 0.25) is 0 Å². The van der Waals surface area contributed by atoms with Crippen molar-refractivity contribution < 1.29 is 13.2 Å². The van der Waals surface area contributed by atoms with Crippen molar-refractivity contribution in [1.29, 1.82) is 0 Å². The summed E-state index contributed by atoms with van der Waals surface area (Å²) in [6.45, 7) is 0. The van der Waals surface area contributed by atoms with Crippen molar-refractivity contribution >= 4 is 27.5 Å². The zero-order valence-electron chi connectivity index (χ0n) is 14.9. The van der Waals surface area contributed by atoms with E-state index in [1.165, 1.54) is 11.8 Å². The van der Waals surface area contributed by atoms with Crippen LogP contribution in [0.5, 0.6) is 0 Å². The van der Waals surface area contributed by atoms with Crippen LogP contribution in [0.25, 0.3) is 0 Å². The summed E-state index contributed by atoms with van der Waals surface area (Å²) in [4.78, 5) is 18.3. The van der Waals surface area contributed by atoms with E-state index in [-0.39, 0.29) is 17.7 Å². The van der Waals surface area contributed by atoms with Gasteiger partial charge in [0, 0.05) is 16.7 Å². The number of carbonyl (C=O) groups excluding carboxylic acids is 1. The van der Waals surface area contributed by atoms with Crippen LogP contribution in [0, 0.1) is 0 Å². The predicted octanol–water partition coefficient (Wildman–Crippen LogP) is 3.88. The maximum atomic E-state index is 12.7. The van der Waals surface area contributed by atoms with E-state index in [1.54, 1.807) is 42.6 Å². The Balaban J connectivity index is 1.48. The number of pyridine rings is 1. The van der Waals surface area contributed by atoms with Gasteiger partial charge in [-0.2, -0.15) is 0 Å². The Morgan fingerprint density at radius 2 is 1.75 bits per heavy atom. The number of hydrogen-bond acceptors (Lipinski definition) is 5. The van der Waals surface area contributed by atoms with Gasteiger partial charge < -0.3 is 5.32 Å². The van der Waals surface area contributed by atoms with E-state index in [2.05, 4.69) is 10.3 Å². The number of hydrogen-bond donors (Lipinski definition) is 1. The molecule has 0 saturated carbocycles. The highest BCUT2D eigenvalue weighted by Crippen LogP contribution is 2.32. The lowest BCUT2D eigenvalue weighted by Gasteiger charge is -2.26. The summed E-state index contributed by atoms with van der Waals surface area (Å²) in [5.41, 5.74) is 1.20. The molecular formula is C21H18N2O3S2. The molecule has 7 heteroatoms. The SMILES string of the molecule is O=C(NC1CCS(=O)(=O)c2ccccc21)c1ccc(Sc2ccccn2)cc1. The summed E-state index contributed by atoms with van der Waals surface area (Å²) < 4.78 is 24.5. The third-order valence-corrected chi connectivity index (χ3v) is 7.36. The smallest absolute Gasteiger partial charge is 0.251 e. The Morgan fingerprint density at radius 3 is 2.50 bits per heavy atom. The molecule has 28 heavy (non-hydrogen) atoms. The number of amides is 1. The molecule has 4 rings (SSSR count). The minimum absolute atomic E-state index is 0.0363. The van der Waals surface area contributed by atoms with E-state index in [9.17, 15) is 13.2 Å². The second kappa shape index (κ2) is 7.77. The first kappa shape index (κ1) is 18.7. The summed E-state index contributed by atoms with van der Waals surface area (Å²) in [5, 5.41) is 3.86. The van der Waals surface area contributed by atoms with Gasteiger partial charge in [0.1, 0.15) is 5.03 Å². The predicted molar refractivity (Wildman–Crippen MR) is 108 cm³/mol. The van der Waals surface area contributed by atoms with E-state index in [4.69, 9.17) is 0 Å². The van der Waals surface area contributed by atoms with Crippen molar-refractivity contribution in [2.45, 2.75) is 27.3 Å². The number of nitrogens with one attached hydrogen (secondary N) is 1. The lowest BCUT2D eigenvalue weighted by molar-refractivity contribution is 0.0934. The fourth-order valence-corrected chi connectivity index (χ4v) is 5.58. The maximum Gasteiger partial charge on any atom is 0.251 e. The molecule has 0 saturated heterocycles. The summed E-state index contributed by atoms with van der Waals surface area (Å²) in [6.07, 6.45) is 2.12. The molecule has 1 aliphatic heterocycles. The lowest BCUT2D eigenvalue weighted by atomic mass is 10.0. The molecule has 2 aromatic carbocycles. The maximum absolute atomic E-state index is 12.7. The number of aromatic nitrogens is 1. The Kier molecular flexibility index (Phi) is 5.19. The fraction of sp³-hybridized carbons (Fsp3) is 0.143. The Labute approximate surface area is 168 Å². The van der Waals surface area contributed by atoms with Gasteiger partial charge in [-0.25, -0.2) is 13.4 Å². The topological polar surface area (TPSA) is 76.1 Å². The third kappa shape index (κ3) is 3.95. The van der Waals surface area contributed by atoms with Gasteiger partial charge in [-0.1, -0.05) is 36.0 Å². The van der Waals surface area contributed by atoms with Gasteiger partial charge in [0.15, 0.2) is 9.84 Å². The number of carbonyl (C=O) groups is 1. The number of fused-ring (bicyclic) bond motifs is 1. The summed E-state index contributed by atoms with van der Waals surface area (Å²) in [7, 11) is -3.27. The first-order valence-corrected chi connectivity index (χ1v) is 11.3. The van der Waals surface area contributed by atoms with Crippen molar-refractivity contribution in [2.24, 2.45) is 0 Å². The van der Waals surface area contributed by atoms with Gasteiger partial charge in [-0.3, -0.25) is 4.79 Å². The molecule has 0 bridgehead atoms. The van der Waals surface area contributed by atoms with E-state index in [0.29, 0.717) is 22.4 Å². The van der Waals surface area contributed by atoms with Gasteiger partial charge in [0.2, 0.25) is 0 Å². The molecule has 0 radical (unpaired) electrons. The number of nitrogens with zero attached hydrogens (tertiary/aromatic N) is 1. The monoisotopic (exact) mass is 410 g/mol. The van der Waals surface area contributed by atoms with E-state index in [1.807, 2.05) is 30.3 Å². The van der Waals surface area contributed by atoms with Crippen LogP contribution in [-0.2, 0) is 9.84 Å². The first-order valence-electron chi connectivity index (χ1n) is 8.84. The molecule has 1 unspecified atom stereocenters. The molecular weight excluding hydrogens is 392 g/mol. The molecule has 3 aromatic rings. The normalized spacial score (nSPS) is 17.5. The van der Waals surface area contributed by atoms with Crippen LogP contribution >= 0.6 is 11.8 Å². The highest BCUT2D eigenvalue weighted by Gasteiger charge is 2.30. The number of benzene rings is 2.